The second-order valence-electron chi connectivity index (χ2n) is 6.54. The van der Waals surface area contributed by atoms with E-state index in [1.165, 1.54) is 11.1 Å². The lowest BCUT2D eigenvalue weighted by molar-refractivity contribution is -0.0115. The molecule has 2 fully saturated rings. The number of carbonyl (C=O) groups is 1. The number of amides is 1. The van der Waals surface area contributed by atoms with Gasteiger partial charge in [0.05, 0.1) is 13.7 Å². The number of rotatable bonds is 3. The Morgan fingerprint density at radius 3 is 2.86 bits per heavy atom. The second-order valence-corrected chi connectivity index (χ2v) is 6.54. The number of hydrogen-bond acceptors (Lipinski definition) is 4. The molecule has 0 saturated carbocycles. The number of aryl methyl sites for hydroxylation is 1. The van der Waals surface area contributed by atoms with Gasteiger partial charge in [-0.15, -0.1) is 0 Å². The Hall–Kier alpha value is -1.75. The van der Waals surface area contributed by atoms with E-state index in [9.17, 15) is 4.79 Å². The lowest BCUT2D eigenvalue weighted by Crippen LogP contribution is -2.50. The summed E-state index contributed by atoms with van der Waals surface area (Å²) >= 11 is 0. The van der Waals surface area contributed by atoms with Gasteiger partial charge in [-0.05, 0) is 37.9 Å². The maximum absolute atomic E-state index is 11.7. The minimum Gasteiger partial charge on any atom is -0.496 e. The highest BCUT2D eigenvalue weighted by atomic mass is 16.6. The zero-order chi connectivity index (χ0) is 15.7. The van der Waals surface area contributed by atoms with Crippen LogP contribution in [0.5, 0.6) is 5.75 Å². The lowest BCUT2D eigenvalue weighted by Gasteiger charge is -2.38. The van der Waals surface area contributed by atoms with E-state index in [0.717, 1.165) is 38.2 Å². The fraction of sp³-hybridized carbons (Fsp3) is 0.588. The first kappa shape index (κ1) is 15.2. The molecule has 2 saturated heterocycles. The summed E-state index contributed by atoms with van der Waals surface area (Å²) in [5.41, 5.74) is 2.05. The van der Waals surface area contributed by atoms with E-state index in [1.54, 1.807) is 19.1 Å². The Morgan fingerprint density at radius 2 is 2.18 bits per heavy atom. The maximum Gasteiger partial charge on any atom is 0.410 e. The molecule has 1 amide bonds. The van der Waals surface area contributed by atoms with Gasteiger partial charge in [-0.25, -0.2) is 4.79 Å². The van der Waals surface area contributed by atoms with Crippen LogP contribution in [0.4, 0.5) is 4.79 Å². The molecule has 0 N–H and O–H groups in total. The van der Waals surface area contributed by atoms with Crippen molar-refractivity contribution in [3.63, 3.8) is 0 Å². The Labute approximate surface area is 131 Å². The van der Waals surface area contributed by atoms with Crippen molar-refractivity contribution in [3.05, 3.63) is 29.3 Å². The van der Waals surface area contributed by atoms with E-state index >= 15 is 0 Å². The molecule has 1 atom stereocenters. The van der Waals surface area contributed by atoms with E-state index in [2.05, 4.69) is 30.0 Å². The van der Waals surface area contributed by atoms with Crippen molar-refractivity contribution in [2.24, 2.45) is 0 Å². The van der Waals surface area contributed by atoms with Crippen molar-refractivity contribution >= 4 is 6.09 Å². The standard InChI is InChI=1S/C17H24N2O3/c1-13-5-6-14(15(9-13)21-3)10-19-8-4-7-17(12-19)11-18(2)16(20)22-17/h5-6,9H,4,7-8,10-12H2,1-3H3. The van der Waals surface area contributed by atoms with Crippen molar-refractivity contribution in [2.45, 2.75) is 31.9 Å². The molecule has 5 heteroatoms. The third-order valence-electron chi connectivity index (χ3n) is 4.60. The topological polar surface area (TPSA) is 42.0 Å². The summed E-state index contributed by atoms with van der Waals surface area (Å²) in [6.45, 7) is 5.40. The summed E-state index contributed by atoms with van der Waals surface area (Å²) in [6, 6.07) is 6.31. The highest BCUT2D eigenvalue weighted by molar-refractivity contribution is 5.70. The number of methoxy groups -OCH3 is 1. The average Bonchev–Trinajstić information content (AvgIpc) is 2.75. The summed E-state index contributed by atoms with van der Waals surface area (Å²) < 4.78 is 11.2. The van der Waals surface area contributed by atoms with Gasteiger partial charge < -0.3 is 14.4 Å². The zero-order valence-corrected chi connectivity index (χ0v) is 13.6. The Balaban J connectivity index is 1.72. The largest absolute Gasteiger partial charge is 0.496 e. The molecule has 1 aromatic carbocycles. The quantitative estimate of drug-likeness (QED) is 0.860. The van der Waals surface area contributed by atoms with Gasteiger partial charge in [0.15, 0.2) is 0 Å². The van der Waals surface area contributed by atoms with Gasteiger partial charge in [0.25, 0.3) is 0 Å². The number of likely N-dealkylation sites (tertiary alicyclic amines) is 1. The van der Waals surface area contributed by atoms with Crippen LogP contribution in [0.1, 0.15) is 24.0 Å². The molecule has 3 rings (SSSR count). The molecular weight excluding hydrogens is 280 g/mol. The molecule has 0 aromatic heterocycles. The molecule has 120 valence electrons. The van der Waals surface area contributed by atoms with Gasteiger partial charge in [0, 0.05) is 25.7 Å². The summed E-state index contributed by atoms with van der Waals surface area (Å²) in [4.78, 5) is 15.8. The first-order chi connectivity index (χ1) is 10.5. The van der Waals surface area contributed by atoms with E-state index in [4.69, 9.17) is 9.47 Å². The van der Waals surface area contributed by atoms with Crippen molar-refractivity contribution in [2.75, 3.05) is 33.8 Å². The van der Waals surface area contributed by atoms with Crippen molar-refractivity contribution in [1.29, 1.82) is 0 Å². The van der Waals surface area contributed by atoms with Crippen LogP contribution in [0.15, 0.2) is 18.2 Å². The fourth-order valence-electron chi connectivity index (χ4n) is 3.55. The summed E-state index contributed by atoms with van der Waals surface area (Å²) in [6.07, 6.45) is 1.80. The molecule has 1 aromatic rings. The lowest BCUT2D eigenvalue weighted by atomic mass is 9.92. The van der Waals surface area contributed by atoms with Crippen molar-refractivity contribution in [3.8, 4) is 5.75 Å². The van der Waals surface area contributed by atoms with Crippen LogP contribution in [0.2, 0.25) is 0 Å². The maximum atomic E-state index is 11.7. The molecule has 1 spiro atoms. The van der Waals surface area contributed by atoms with E-state index in [-0.39, 0.29) is 11.7 Å². The van der Waals surface area contributed by atoms with Crippen LogP contribution < -0.4 is 4.74 Å². The summed E-state index contributed by atoms with van der Waals surface area (Å²) in [5, 5.41) is 0. The van der Waals surface area contributed by atoms with Crippen LogP contribution in [0, 0.1) is 6.92 Å². The van der Waals surface area contributed by atoms with E-state index in [0.29, 0.717) is 6.54 Å². The van der Waals surface area contributed by atoms with Gasteiger partial charge in [-0.3, -0.25) is 4.90 Å². The molecule has 0 aliphatic carbocycles. The third-order valence-corrected chi connectivity index (χ3v) is 4.60. The average molecular weight is 304 g/mol. The predicted octanol–water partition coefficient (Wildman–Crippen LogP) is 2.42. The molecule has 0 bridgehead atoms. The number of benzene rings is 1. The molecule has 2 aliphatic rings. The van der Waals surface area contributed by atoms with Crippen LogP contribution in [-0.4, -0.2) is 55.3 Å². The molecule has 5 nitrogen and oxygen atoms in total. The normalized spacial score (nSPS) is 25.6. The number of likely N-dealkylation sites (N-methyl/N-ethyl adjacent to an activating group) is 1. The number of piperidine rings is 1. The fourth-order valence-corrected chi connectivity index (χ4v) is 3.55. The van der Waals surface area contributed by atoms with Crippen LogP contribution in [0.25, 0.3) is 0 Å². The molecule has 2 aliphatic heterocycles. The van der Waals surface area contributed by atoms with Gasteiger partial charge in [0.2, 0.25) is 0 Å². The van der Waals surface area contributed by atoms with Crippen LogP contribution in [0.3, 0.4) is 0 Å². The minimum absolute atomic E-state index is 0.199. The van der Waals surface area contributed by atoms with Gasteiger partial charge in [0.1, 0.15) is 11.4 Å². The molecule has 2 heterocycles. The Kier molecular flexibility index (Phi) is 4.00. The van der Waals surface area contributed by atoms with Gasteiger partial charge in [-0.2, -0.15) is 0 Å². The first-order valence-corrected chi connectivity index (χ1v) is 7.81. The van der Waals surface area contributed by atoms with Crippen molar-refractivity contribution < 1.29 is 14.3 Å². The minimum atomic E-state index is -0.331. The van der Waals surface area contributed by atoms with Crippen LogP contribution >= 0.6 is 0 Å². The van der Waals surface area contributed by atoms with Crippen molar-refractivity contribution in [1.82, 2.24) is 9.80 Å². The second kappa shape index (κ2) is 5.80. The van der Waals surface area contributed by atoms with Gasteiger partial charge in [-0.1, -0.05) is 12.1 Å². The number of ether oxygens (including phenoxy) is 2. The SMILES string of the molecule is COc1cc(C)ccc1CN1CCCC2(C1)CN(C)C(=O)O2. The summed E-state index contributed by atoms with van der Waals surface area (Å²) in [7, 11) is 3.52. The molecule has 1 unspecified atom stereocenters. The van der Waals surface area contributed by atoms with E-state index in [1.807, 2.05) is 0 Å². The predicted molar refractivity (Wildman–Crippen MR) is 84.1 cm³/mol. The number of hydrogen-bond donors (Lipinski definition) is 0. The molecule has 0 radical (unpaired) electrons. The van der Waals surface area contributed by atoms with E-state index < -0.39 is 0 Å². The zero-order valence-electron chi connectivity index (χ0n) is 13.6. The highest BCUT2D eigenvalue weighted by Crippen LogP contribution is 2.32. The first-order valence-electron chi connectivity index (χ1n) is 7.81. The smallest absolute Gasteiger partial charge is 0.410 e. The molecule has 22 heavy (non-hydrogen) atoms. The Bertz CT molecular complexity index is 575. The third kappa shape index (κ3) is 2.90. The molecular formula is C17H24N2O3. The Morgan fingerprint density at radius 1 is 1.36 bits per heavy atom. The monoisotopic (exact) mass is 304 g/mol. The summed E-state index contributed by atoms with van der Waals surface area (Å²) in [5.74, 6) is 0.931. The van der Waals surface area contributed by atoms with Crippen LogP contribution in [-0.2, 0) is 11.3 Å². The number of carbonyl (C=O) groups excluding carboxylic acids is 1. The van der Waals surface area contributed by atoms with Gasteiger partial charge >= 0.3 is 6.09 Å². The number of nitrogens with zero attached hydrogens (tertiary/aromatic N) is 2. The highest BCUT2D eigenvalue weighted by Gasteiger charge is 2.46.